The van der Waals surface area contributed by atoms with E-state index < -0.39 is 16.4 Å². The third-order valence-corrected chi connectivity index (χ3v) is 7.18. The number of nitrogens with zero attached hydrogens (tertiary/aromatic N) is 1. The van der Waals surface area contributed by atoms with E-state index in [0.29, 0.717) is 62.8 Å². The summed E-state index contributed by atoms with van der Waals surface area (Å²) in [6.07, 6.45) is 4.46. The van der Waals surface area contributed by atoms with Gasteiger partial charge in [0.25, 0.3) is 0 Å². The molecule has 2 aliphatic rings. The SMILES string of the molecule is CCCN(Cc1ccc(C2(C(=O)NCC3CCOC3)CCOCC2)cc1F)S(C)=O. The number of hydrogen-bond acceptors (Lipinski definition) is 4. The highest BCUT2D eigenvalue weighted by atomic mass is 32.2. The zero-order chi connectivity index (χ0) is 21.6. The Morgan fingerprint density at radius 1 is 1.30 bits per heavy atom. The number of amides is 1. The van der Waals surface area contributed by atoms with Gasteiger partial charge in [0.15, 0.2) is 0 Å². The lowest BCUT2D eigenvalue weighted by Crippen LogP contribution is -2.49. The van der Waals surface area contributed by atoms with E-state index in [1.165, 1.54) is 6.07 Å². The fourth-order valence-electron chi connectivity index (χ4n) is 4.23. The number of rotatable bonds is 9. The third-order valence-electron chi connectivity index (χ3n) is 6.15. The summed E-state index contributed by atoms with van der Waals surface area (Å²) in [5, 5.41) is 3.09. The lowest BCUT2D eigenvalue weighted by molar-refractivity contribution is -0.130. The molecule has 2 aliphatic heterocycles. The van der Waals surface area contributed by atoms with Gasteiger partial charge in [-0.25, -0.2) is 12.9 Å². The first-order valence-corrected chi connectivity index (χ1v) is 12.3. The van der Waals surface area contributed by atoms with Gasteiger partial charge in [-0.15, -0.1) is 0 Å². The summed E-state index contributed by atoms with van der Waals surface area (Å²) in [5.74, 6) is -0.0848. The molecule has 2 fully saturated rings. The van der Waals surface area contributed by atoms with Gasteiger partial charge in [-0.1, -0.05) is 19.1 Å². The van der Waals surface area contributed by atoms with E-state index in [4.69, 9.17) is 9.47 Å². The molecule has 2 unspecified atom stereocenters. The van der Waals surface area contributed by atoms with Crippen molar-refractivity contribution in [2.45, 2.75) is 44.6 Å². The van der Waals surface area contributed by atoms with Gasteiger partial charge in [-0.2, -0.15) is 0 Å². The Balaban J connectivity index is 1.78. The van der Waals surface area contributed by atoms with Gasteiger partial charge in [-0.05, 0) is 37.3 Å². The summed E-state index contributed by atoms with van der Waals surface area (Å²) in [5.41, 5.74) is 0.397. The molecule has 3 rings (SSSR count). The van der Waals surface area contributed by atoms with Crippen molar-refractivity contribution in [1.29, 1.82) is 0 Å². The zero-order valence-electron chi connectivity index (χ0n) is 18.0. The van der Waals surface area contributed by atoms with Crippen LogP contribution in [0.1, 0.15) is 43.7 Å². The Kier molecular flexibility index (Phi) is 8.39. The minimum Gasteiger partial charge on any atom is -0.381 e. The van der Waals surface area contributed by atoms with Crippen molar-refractivity contribution >= 4 is 16.9 Å². The number of benzene rings is 1. The molecule has 1 aromatic rings. The van der Waals surface area contributed by atoms with Crippen LogP contribution in [0.5, 0.6) is 0 Å². The molecule has 0 saturated carbocycles. The molecule has 0 bridgehead atoms. The monoisotopic (exact) mass is 440 g/mol. The fraction of sp³-hybridized carbons (Fsp3) is 0.682. The van der Waals surface area contributed by atoms with Crippen molar-refractivity contribution in [1.82, 2.24) is 9.62 Å². The van der Waals surface area contributed by atoms with Crippen LogP contribution in [0.4, 0.5) is 4.39 Å². The Morgan fingerprint density at radius 2 is 2.07 bits per heavy atom. The number of nitrogens with one attached hydrogen (secondary N) is 1. The van der Waals surface area contributed by atoms with E-state index in [1.807, 2.05) is 13.0 Å². The summed E-state index contributed by atoms with van der Waals surface area (Å²) in [6, 6.07) is 5.07. The Morgan fingerprint density at radius 3 is 2.67 bits per heavy atom. The van der Waals surface area contributed by atoms with E-state index in [-0.39, 0.29) is 18.3 Å². The van der Waals surface area contributed by atoms with E-state index in [0.717, 1.165) is 19.4 Å². The molecule has 1 amide bonds. The quantitative estimate of drug-likeness (QED) is 0.641. The van der Waals surface area contributed by atoms with E-state index in [9.17, 15) is 9.00 Å². The summed E-state index contributed by atoms with van der Waals surface area (Å²) in [4.78, 5) is 13.2. The fourth-order valence-corrected chi connectivity index (χ4v) is 4.99. The predicted octanol–water partition coefficient (Wildman–Crippen LogP) is 2.53. The van der Waals surface area contributed by atoms with Crippen LogP contribution in [0.15, 0.2) is 18.2 Å². The van der Waals surface area contributed by atoms with Gasteiger partial charge >= 0.3 is 0 Å². The smallest absolute Gasteiger partial charge is 0.230 e. The minimum absolute atomic E-state index is 0.0629. The van der Waals surface area contributed by atoms with Crippen LogP contribution in [0.3, 0.4) is 0 Å². The van der Waals surface area contributed by atoms with Gasteiger partial charge < -0.3 is 14.8 Å². The second-order valence-corrected chi connectivity index (χ2v) is 9.59. The van der Waals surface area contributed by atoms with Crippen LogP contribution >= 0.6 is 0 Å². The molecule has 8 heteroatoms. The van der Waals surface area contributed by atoms with Gasteiger partial charge in [-0.3, -0.25) is 4.79 Å². The molecule has 0 radical (unpaired) electrons. The average Bonchev–Trinajstić information content (AvgIpc) is 3.27. The Bertz CT molecular complexity index is 749. The van der Waals surface area contributed by atoms with Gasteiger partial charge in [0.2, 0.25) is 5.91 Å². The number of carbonyl (C=O) groups excluding carboxylic acids is 1. The van der Waals surface area contributed by atoms with E-state index >= 15 is 4.39 Å². The van der Waals surface area contributed by atoms with Crippen LogP contribution in [0.25, 0.3) is 0 Å². The van der Waals surface area contributed by atoms with Gasteiger partial charge in [0.1, 0.15) is 5.82 Å². The van der Waals surface area contributed by atoms with Crippen molar-refractivity contribution in [3.05, 3.63) is 35.1 Å². The molecule has 168 valence electrons. The largest absolute Gasteiger partial charge is 0.381 e. The van der Waals surface area contributed by atoms with Gasteiger partial charge in [0.05, 0.1) is 23.0 Å². The lowest BCUT2D eigenvalue weighted by atomic mass is 9.73. The highest BCUT2D eigenvalue weighted by molar-refractivity contribution is 7.81. The molecule has 0 aromatic heterocycles. The van der Waals surface area contributed by atoms with Crippen LogP contribution in [-0.4, -0.2) is 60.2 Å². The summed E-state index contributed by atoms with van der Waals surface area (Å²) in [6.45, 7) is 5.87. The highest BCUT2D eigenvalue weighted by Gasteiger charge is 2.42. The van der Waals surface area contributed by atoms with Crippen molar-refractivity contribution in [3.63, 3.8) is 0 Å². The molecule has 2 heterocycles. The maximum absolute atomic E-state index is 15.0. The molecule has 1 aromatic carbocycles. The maximum atomic E-state index is 15.0. The normalized spacial score (nSPS) is 22.2. The Hall–Kier alpha value is -1.35. The number of carbonyl (C=O) groups is 1. The average molecular weight is 441 g/mol. The van der Waals surface area contributed by atoms with Crippen LogP contribution in [0.2, 0.25) is 0 Å². The second-order valence-electron chi connectivity index (χ2n) is 8.23. The van der Waals surface area contributed by atoms with Crippen molar-refractivity contribution in [2.24, 2.45) is 5.92 Å². The molecule has 1 N–H and O–H groups in total. The standard InChI is InChI=1S/C22H33FN2O4S/c1-3-9-25(30(2)27)15-18-4-5-19(13-20(18)23)22(7-11-28-12-8-22)21(26)24-14-17-6-10-29-16-17/h4-5,13,17H,3,6-12,14-16H2,1-2H3,(H,24,26). The first-order valence-electron chi connectivity index (χ1n) is 10.8. The summed E-state index contributed by atoms with van der Waals surface area (Å²) in [7, 11) is -1.17. The molecule has 6 nitrogen and oxygen atoms in total. The molecular weight excluding hydrogens is 407 g/mol. The van der Waals surface area contributed by atoms with Crippen LogP contribution in [0, 0.1) is 11.7 Å². The predicted molar refractivity (Wildman–Crippen MR) is 115 cm³/mol. The summed E-state index contributed by atoms with van der Waals surface area (Å²) < 4.78 is 39.6. The number of halogens is 1. The van der Waals surface area contributed by atoms with Crippen LogP contribution in [-0.2, 0) is 37.2 Å². The lowest BCUT2D eigenvalue weighted by Gasteiger charge is -2.36. The first kappa shape index (κ1) is 23.3. The highest BCUT2D eigenvalue weighted by Crippen LogP contribution is 2.36. The van der Waals surface area contributed by atoms with E-state index in [2.05, 4.69) is 5.32 Å². The molecule has 2 saturated heterocycles. The topological polar surface area (TPSA) is 67.9 Å². The second kappa shape index (κ2) is 10.8. The van der Waals surface area contributed by atoms with E-state index in [1.54, 1.807) is 16.6 Å². The third kappa shape index (κ3) is 5.46. The van der Waals surface area contributed by atoms with Crippen molar-refractivity contribution in [2.75, 3.05) is 45.8 Å². The number of ether oxygens (including phenoxy) is 2. The zero-order valence-corrected chi connectivity index (χ0v) is 18.8. The Labute approximate surface area is 181 Å². The van der Waals surface area contributed by atoms with Crippen molar-refractivity contribution in [3.8, 4) is 0 Å². The molecule has 0 aliphatic carbocycles. The minimum atomic E-state index is -1.17. The number of hydrogen-bond donors (Lipinski definition) is 1. The molecule has 2 atom stereocenters. The maximum Gasteiger partial charge on any atom is 0.230 e. The van der Waals surface area contributed by atoms with Gasteiger partial charge in [0, 0.05) is 57.2 Å². The molecular formula is C22H33FN2O4S. The van der Waals surface area contributed by atoms with Crippen molar-refractivity contribution < 1.29 is 22.9 Å². The summed E-state index contributed by atoms with van der Waals surface area (Å²) >= 11 is 0. The molecule has 0 spiro atoms. The van der Waals surface area contributed by atoms with Crippen LogP contribution < -0.4 is 5.32 Å². The first-order chi connectivity index (χ1) is 14.5. The molecule has 30 heavy (non-hydrogen) atoms.